The van der Waals surface area contributed by atoms with Crippen molar-refractivity contribution in [3.05, 3.63) is 71.8 Å². The second kappa shape index (κ2) is 12.4. The lowest BCUT2D eigenvalue weighted by Gasteiger charge is -2.60. The molecular formula is C33H33Cl3F3NO4S. The predicted octanol–water partition coefficient (Wildman–Crippen LogP) is 9.54. The maximum absolute atomic E-state index is 14.0. The van der Waals surface area contributed by atoms with E-state index in [-0.39, 0.29) is 34.6 Å². The third-order valence-corrected chi connectivity index (χ3v) is 10.8. The number of benzene rings is 3. The van der Waals surface area contributed by atoms with Gasteiger partial charge in [-0.05, 0) is 86.4 Å². The van der Waals surface area contributed by atoms with E-state index in [1.54, 1.807) is 24.3 Å². The van der Waals surface area contributed by atoms with Crippen LogP contribution in [-0.4, -0.2) is 43.2 Å². The van der Waals surface area contributed by atoms with Crippen molar-refractivity contribution in [3.8, 4) is 5.75 Å². The molecule has 3 aromatic rings. The monoisotopic (exact) mass is 701 g/mol. The van der Waals surface area contributed by atoms with E-state index in [2.05, 4.69) is 5.32 Å². The lowest BCUT2D eigenvalue weighted by Crippen LogP contribution is -2.65. The molecule has 0 spiro atoms. The lowest BCUT2D eigenvalue weighted by molar-refractivity contribution is -0.146. The number of hydrogen-bond donors (Lipinski definition) is 2. The van der Waals surface area contributed by atoms with E-state index in [9.17, 15) is 27.9 Å². The summed E-state index contributed by atoms with van der Waals surface area (Å²) in [4.78, 5) is 24.6. The first-order chi connectivity index (χ1) is 20.9. The summed E-state index contributed by atoms with van der Waals surface area (Å²) in [5.74, 6) is -1.64. The molecule has 45 heavy (non-hydrogen) atoms. The van der Waals surface area contributed by atoms with Crippen molar-refractivity contribution in [1.82, 2.24) is 5.32 Å². The molecule has 5 nitrogen and oxygen atoms in total. The molecule has 2 saturated carbocycles. The number of alkyl halides is 6. The van der Waals surface area contributed by atoms with Crippen LogP contribution in [0.5, 0.6) is 5.75 Å². The summed E-state index contributed by atoms with van der Waals surface area (Å²) in [6, 6.07) is 15.0. The Balaban J connectivity index is 1.47. The van der Waals surface area contributed by atoms with Gasteiger partial charge in [0.2, 0.25) is 0 Å². The zero-order valence-electron chi connectivity index (χ0n) is 24.6. The molecule has 0 aromatic heterocycles. The van der Waals surface area contributed by atoms with Gasteiger partial charge in [-0.3, -0.25) is 4.79 Å². The minimum Gasteiger partial charge on any atom is -0.487 e. The smallest absolute Gasteiger partial charge is 0.446 e. The average Bonchev–Trinajstić information content (AvgIpc) is 2.92. The maximum Gasteiger partial charge on any atom is 0.446 e. The Kier molecular flexibility index (Phi) is 9.34. The number of carbonyl (C=O) groups excluding carboxylic acids is 1. The summed E-state index contributed by atoms with van der Waals surface area (Å²) in [6.45, 7) is 3.75. The summed E-state index contributed by atoms with van der Waals surface area (Å²) < 4.78 is 44.5. The van der Waals surface area contributed by atoms with E-state index >= 15 is 0 Å². The number of amides is 1. The van der Waals surface area contributed by atoms with Crippen molar-refractivity contribution < 1.29 is 32.6 Å². The van der Waals surface area contributed by atoms with Gasteiger partial charge in [-0.25, -0.2) is 4.79 Å². The van der Waals surface area contributed by atoms with Gasteiger partial charge in [0, 0.05) is 30.3 Å². The highest BCUT2D eigenvalue weighted by molar-refractivity contribution is 8.00. The summed E-state index contributed by atoms with van der Waals surface area (Å²) in [7, 11) is 0. The fourth-order valence-corrected chi connectivity index (χ4v) is 10.0. The topological polar surface area (TPSA) is 75.6 Å². The first kappa shape index (κ1) is 34.0. The molecule has 2 aliphatic carbocycles. The van der Waals surface area contributed by atoms with Crippen LogP contribution in [0.15, 0.2) is 65.6 Å². The number of carboxylic acids is 1. The Morgan fingerprint density at radius 1 is 0.978 bits per heavy atom. The number of hydrogen-bond acceptors (Lipinski definition) is 4. The quantitative estimate of drug-likeness (QED) is 0.172. The van der Waals surface area contributed by atoms with Crippen molar-refractivity contribution >= 4 is 69.2 Å². The van der Waals surface area contributed by atoms with Crippen molar-refractivity contribution in [2.75, 3.05) is 0 Å². The standard InChI is InChI=1S/C33H33Cl3F3NO4S/c1-3-31(35)17-30(15-29(2,34)16-32(36,18-30)19-31)26(28(42)43)40-27(41)24-13-10-21-6-4-5-7-23(21)25(24)44-14-20-8-11-22(12-9-20)45-33(37,38)39/h4-13,26H,3,14-19H2,1-2H3,(H,40,41)(H,42,43)/t26?,29?,30-,31?,32?/m1/s1. The summed E-state index contributed by atoms with van der Waals surface area (Å²) in [5, 5.41) is 14.8. The van der Waals surface area contributed by atoms with Gasteiger partial charge in [-0.1, -0.05) is 49.4 Å². The van der Waals surface area contributed by atoms with Gasteiger partial charge < -0.3 is 15.2 Å². The first-order valence-corrected chi connectivity index (χ1v) is 16.5. The van der Waals surface area contributed by atoms with E-state index in [4.69, 9.17) is 39.5 Å². The minimum atomic E-state index is -4.40. The Bertz CT molecular complexity index is 1600. The highest BCUT2D eigenvalue weighted by Gasteiger charge is 2.63. The molecule has 2 aliphatic rings. The predicted molar refractivity (Wildman–Crippen MR) is 173 cm³/mol. The average molecular weight is 703 g/mol. The number of halogens is 6. The Morgan fingerprint density at radius 2 is 1.67 bits per heavy atom. The van der Waals surface area contributed by atoms with Gasteiger partial charge in [0.1, 0.15) is 18.4 Å². The van der Waals surface area contributed by atoms with Gasteiger partial charge in [0.05, 0.1) is 5.56 Å². The summed E-state index contributed by atoms with van der Waals surface area (Å²) in [5.41, 5.74) is -4.71. The van der Waals surface area contributed by atoms with Gasteiger partial charge >= 0.3 is 11.5 Å². The zero-order chi connectivity index (χ0) is 32.8. The molecule has 0 heterocycles. The number of ether oxygens (including phenoxy) is 1. The number of fused-ring (bicyclic) bond motifs is 3. The lowest BCUT2D eigenvalue weighted by atomic mass is 9.52. The molecule has 0 aliphatic heterocycles. The molecule has 5 atom stereocenters. The normalized spacial score (nSPS) is 28.8. The van der Waals surface area contributed by atoms with E-state index in [1.807, 2.05) is 26.0 Å². The van der Waals surface area contributed by atoms with Crippen molar-refractivity contribution in [2.45, 2.75) is 90.0 Å². The van der Waals surface area contributed by atoms with Gasteiger partial charge in [-0.2, -0.15) is 13.2 Å². The zero-order valence-corrected chi connectivity index (χ0v) is 27.7. The molecule has 242 valence electrons. The number of carboxylic acid groups (broad SMARTS) is 1. The molecule has 5 rings (SSSR count). The first-order valence-electron chi connectivity index (χ1n) is 14.5. The number of aliphatic carboxylic acids is 1. The van der Waals surface area contributed by atoms with Crippen LogP contribution in [0.2, 0.25) is 0 Å². The van der Waals surface area contributed by atoms with Crippen LogP contribution < -0.4 is 10.1 Å². The molecule has 12 heteroatoms. The Hall–Kier alpha value is -2.33. The van der Waals surface area contributed by atoms with Crippen LogP contribution in [0.1, 0.15) is 68.3 Å². The highest BCUT2D eigenvalue weighted by Crippen LogP contribution is 2.64. The molecule has 0 saturated heterocycles. The largest absolute Gasteiger partial charge is 0.487 e. The van der Waals surface area contributed by atoms with E-state index in [0.717, 1.165) is 5.39 Å². The van der Waals surface area contributed by atoms with Crippen LogP contribution in [-0.2, 0) is 11.4 Å². The van der Waals surface area contributed by atoms with E-state index in [1.165, 1.54) is 24.3 Å². The third-order valence-electron chi connectivity index (χ3n) is 8.81. The molecule has 2 N–H and O–H groups in total. The van der Waals surface area contributed by atoms with Gasteiger partial charge in [0.25, 0.3) is 5.91 Å². The number of carbonyl (C=O) groups is 2. The summed E-state index contributed by atoms with van der Waals surface area (Å²) in [6.07, 6.45) is 2.45. The van der Waals surface area contributed by atoms with Crippen LogP contribution in [0.4, 0.5) is 13.2 Å². The molecular weight excluding hydrogens is 670 g/mol. The molecule has 1 amide bonds. The number of thioether (sulfide) groups is 1. The third kappa shape index (κ3) is 7.64. The van der Waals surface area contributed by atoms with Gasteiger partial charge in [0.15, 0.2) is 0 Å². The van der Waals surface area contributed by atoms with Crippen LogP contribution in [0, 0.1) is 5.41 Å². The SMILES string of the molecule is CCC1(Cl)CC2(Cl)CC(C)(Cl)C[C@@](C(NC(=O)c3ccc4ccccc4c3OCc3ccc(SC(F)(F)F)cc3)C(=O)O)(C1)C2. The van der Waals surface area contributed by atoms with Crippen LogP contribution >= 0.6 is 46.6 Å². The highest BCUT2D eigenvalue weighted by atomic mass is 35.5. The van der Waals surface area contributed by atoms with Crippen molar-refractivity contribution in [2.24, 2.45) is 5.41 Å². The molecule has 2 fully saturated rings. The van der Waals surface area contributed by atoms with Crippen LogP contribution in [0.25, 0.3) is 10.8 Å². The minimum absolute atomic E-state index is 0.0395. The Morgan fingerprint density at radius 3 is 2.31 bits per heavy atom. The fraction of sp³-hybridized carbons (Fsp3) is 0.455. The van der Waals surface area contributed by atoms with E-state index in [0.29, 0.717) is 49.5 Å². The van der Waals surface area contributed by atoms with Gasteiger partial charge in [-0.15, -0.1) is 34.8 Å². The van der Waals surface area contributed by atoms with Crippen molar-refractivity contribution in [3.63, 3.8) is 0 Å². The molecule has 2 bridgehead atoms. The van der Waals surface area contributed by atoms with Crippen molar-refractivity contribution in [1.29, 1.82) is 0 Å². The van der Waals surface area contributed by atoms with Crippen LogP contribution in [0.3, 0.4) is 0 Å². The maximum atomic E-state index is 14.0. The number of rotatable bonds is 9. The molecule has 0 radical (unpaired) electrons. The van der Waals surface area contributed by atoms with E-state index < -0.39 is 43.5 Å². The molecule has 3 aromatic carbocycles. The molecule has 4 unspecified atom stereocenters. The fourth-order valence-electron chi connectivity index (χ4n) is 7.49. The second-order valence-electron chi connectivity index (χ2n) is 12.7. The Labute approximate surface area is 279 Å². The second-order valence-corrected chi connectivity index (χ2v) is 16.4. The summed E-state index contributed by atoms with van der Waals surface area (Å²) >= 11 is 20.9. The number of nitrogens with one attached hydrogen (secondary N) is 1.